The predicted molar refractivity (Wildman–Crippen MR) is 173 cm³/mol. The summed E-state index contributed by atoms with van der Waals surface area (Å²) in [7, 11) is 0. The Kier molecular flexibility index (Phi) is 4.67. The molecule has 9 rings (SSSR count). The number of nitrogens with one attached hydrogen (secondary N) is 1. The minimum atomic E-state index is 0.685. The molecule has 1 aromatic heterocycles. The number of aromatic nitrogens is 1. The highest BCUT2D eigenvalue weighted by Gasteiger charge is 2.21. The average Bonchev–Trinajstić information content (AvgIpc) is 3.35. The van der Waals surface area contributed by atoms with E-state index in [4.69, 9.17) is 0 Å². The molecular weight excluding hydrogens is 498 g/mol. The summed E-state index contributed by atoms with van der Waals surface area (Å²) in [4.78, 5) is 0. The molecule has 1 N–H and O–H groups in total. The van der Waals surface area contributed by atoms with Gasteiger partial charge in [0.15, 0.2) is 0 Å². The van der Waals surface area contributed by atoms with E-state index in [9.17, 15) is 0 Å². The fraction of sp³-hybridized carbons (Fsp3) is 0.0263. The molecule has 0 unspecified atom stereocenters. The van der Waals surface area contributed by atoms with Gasteiger partial charge in [0.25, 0.3) is 0 Å². The van der Waals surface area contributed by atoms with Crippen molar-refractivity contribution < 1.29 is 0 Å². The van der Waals surface area contributed by atoms with Crippen LogP contribution in [0.4, 0.5) is 0 Å². The molecule has 0 saturated carbocycles. The van der Waals surface area contributed by atoms with Crippen LogP contribution in [0.3, 0.4) is 0 Å². The summed E-state index contributed by atoms with van der Waals surface area (Å²) in [5, 5.41) is 14.7. The maximum absolute atomic E-state index is 4.53. The maximum Gasteiger partial charge on any atom is 0.0593 e. The van der Waals surface area contributed by atoms with Gasteiger partial charge in [-0.05, 0) is 79.3 Å². The summed E-state index contributed by atoms with van der Waals surface area (Å²) >= 11 is 0. The number of rotatable bonds is 2. The highest BCUT2D eigenvalue weighted by molar-refractivity contribution is 6.14. The molecule has 0 amide bonds. The first kappa shape index (κ1) is 22.4. The van der Waals surface area contributed by atoms with Gasteiger partial charge in [-0.25, -0.2) is 0 Å². The lowest BCUT2D eigenvalue weighted by Gasteiger charge is -2.21. The van der Waals surface area contributed by atoms with Crippen LogP contribution in [0.2, 0.25) is 0 Å². The number of hydrogen-bond acceptors (Lipinski definition) is 2. The zero-order valence-corrected chi connectivity index (χ0v) is 22.3. The van der Waals surface area contributed by atoms with Gasteiger partial charge in [-0.3, -0.25) is 0 Å². The number of nitrogens with zero attached hydrogens (tertiary/aromatic N) is 2. The molecule has 2 heterocycles. The molecule has 0 radical (unpaired) electrons. The second-order valence-electron chi connectivity index (χ2n) is 10.9. The molecule has 0 atom stereocenters. The summed E-state index contributed by atoms with van der Waals surface area (Å²) in [5.74, 6) is 0. The normalized spacial score (nSPS) is 12.9. The van der Waals surface area contributed by atoms with Gasteiger partial charge in [0.1, 0.15) is 0 Å². The molecule has 0 fully saturated rings. The predicted octanol–water partition coefficient (Wildman–Crippen LogP) is 9.35. The smallest absolute Gasteiger partial charge is 0.0593 e. The first-order valence-corrected chi connectivity index (χ1v) is 14.1. The van der Waals surface area contributed by atoms with E-state index >= 15 is 0 Å². The lowest BCUT2D eigenvalue weighted by molar-refractivity contribution is 0.735. The Hall–Kier alpha value is -5.41. The Balaban J connectivity index is 1.30. The Morgan fingerprint density at radius 2 is 1.27 bits per heavy atom. The minimum Gasteiger partial charge on any atom is -0.309 e. The third-order valence-electron chi connectivity index (χ3n) is 8.71. The number of hydrazone groups is 1. The van der Waals surface area contributed by atoms with Gasteiger partial charge in [-0.2, -0.15) is 5.10 Å². The monoisotopic (exact) mass is 523 g/mol. The summed E-state index contributed by atoms with van der Waals surface area (Å²) in [6.07, 6.45) is 1.99. The highest BCUT2D eigenvalue weighted by Crippen LogP contribution is 2.39. The molecule has 3 nitrogen and oxygen atoms in total. The van der Waals surface area contributed by atoms with E-state index in [1.807, 2.05) is 6.21 Å². The van der Waals surface area contributed by atoms with Crippen molar-refractivity contribution in [2.75, 3.05) is 0 Å². The van der Waals surface area contributed by atoms with E-state index < -0.39 is 0 Å². The molecule has 1 aliphatic rings. The third kappa shape index (κ3) is 3.30. The van der Waals surface area contributed by atoms with Gasteiger partial charge in [0.2, 0.25) is 0 Å². The van der Waals surface area contributed by atoms with E-state index in [-0.39, 0.29) is 0 Å². The Morgan fingerprint density at radius 1 is 0.537 bits per heavy atom. The van der Waals surface area contributed by atoms with Crippen LogP contribution in [-0.2, 0) is 6.54 Å². The molecule has 8 aromatic rings. The molecule has 0 aliphatic carbocycles. The van der Waals surface area contributed by atoms with Crippen LogP contribution >= 0.6 is 0 Å². The van der Waals surface area contributed by atoms with E-state index in [1.165, 1.54) is 70.8 Å². The molecular formula is C38H25N3. The zero-order valence-electron chi connectivity index (χ0n) is 22.3. The quantitative estimate of drug-likeness (QED) is 0.225. The molecule has 3 heteroatoms. The first-order valence-electron chi connectivity index (χ1n) is 14.1. The second kappa shape index (κ2) is 8.54. The van der Waals surface area contributed by atoms with Crippen molar-refractivity contribution >= 4 is 60.3 Å². The Labute approximate surface area is 237 Å². The summed E-state index contributed by atoms with van der Waals surface area (Å²) in [5.41, 5.74) is 11.7. The van der Waals surface area contributed by atoms with Crippen LogP contribution in [0.1, 0.15) is 11.1 Å². The van der Waals surface area contributed by atoms with Crippen molar-refractivity contribution in [1.29, 1.82) is 0 Å². The van der Waals surface area contributed by atoms with Crippen LogP contribution in [0.25, 0.3) is 70.9 Å². The van der Waals surface area contributed by atoms with Crippen molar-refractivity contribution in [2.45, 2.75) is 6.54 Å². The van der Waals surface area contributed by atoms with Gasteiger partial charge in [0.05, 0.1) is 29.5 Å². The Bertz CT molecular complexity index is 2370. The van der Waals surface area contributed by atoms with Gasteiger partial charge in [0, 0.05) is 16.3 Å². The third-order valence-corrected chi connectivity index (χ3v) is 8.71. The lowest BCUT2D eigenvalue weighted by Crippen LogP contribution is -2.17. The largest absolute Gasteiger partial charge is 0.309 e. The summed E-state index contributed by atoms with van der Waals surface area (Å²) < 4.78 is 2.42. The van der Waals surface area contributed by atoms with Crippen molar-refractivity contribution in [1.82, 2.24) is 9.99 Å². The van der Waals surface area contributed by atoms with Crippen molar-refractivity contribution in [2.24, 2.45) is 5.10 Å². The topological polar surface area (TPSA) is 29.3 Å². The van der Waals surface area contributed by atoms with E-state index in [0.717, 1.165) is 11.3 Å². The Morgan fingerprint density at radius 3 is 2.17 bits per heavy atom. The van der Waals surface area contributed by atoms with Crippen LogP contribution in [0.15, 0.2) is 132 Å². The average molecular weight is 524 g/mol. The SMILES string of the molecule is C1=NNCc2c(-c3ccc4c(ccc5ccccc54)c3)ccc(-n3c4ccccc4c4cc5ccccc5cc43)c21. The fourth-order valence-electron chi connectivity index (χ4n) is 6.78. The van der Waals surface area contributed by atoms with Gasteiger partial charge in [-0.15, -0.1) is 0 Å². The standard InChI is InChI=1S/C38H25N3/c1-2-9-26-21-38-33(20-25(26)8-1)32-11-5-6-12-36(32)41(38)37-18-17-31(34-22-39-40-23-35(34)37)28-15-16-30-27(19-28)14-13-24-7-3-4-10-29(24)30/h1-21,23,39H,22H2. The van der Waals surface area contributed by atoms with E-state index in [1.54, 1.807) is 0 Å². The lowest BCUT2D eigenvalue weighted by atomic mass is 9.91. The van der Waals surface area contributed by atoms with Gasteiger partial charge in [-0.1, -0.05) is 97.1 Å². The second-order valence-corrected chi connectivity index (χ2v) is 10.9. The molecule has 7 aromatic carbocycles. The van der Waals surface area contributed by atoms with E-state index in [2.05, 4.69) is 142 Å². The van der Waals surface area contributed by atoms with Crippen molar-refractivity contribution in [3.8, 4) is 16.8 Å². The summed E-state index contributed by atoms with van der Waals surface area (Å²) in [6, 6.07) is 46.5. The molecule has 192 valence electrons. The van der Waals surface area contributed by atoms with Gasteiger partial charge >= 0.3 is 0 Å². The van der Waals surface area contributed by atoms with Crippen molar-refractivity contribution in [3.63, 3.8) is 0 Å². The van der Waals surface area contributed by atoms with Gasteiger partial charge < -0.3 is 9.99 Å². The minimum absolute atomic E-state index is 0.685. The number of benzene rings is 7. The zero-order chi connectivity index (χ0) is 26.9. The number of hydrogen-bond donors (Lipinski definition) is 1. The highest BCUT2D eigenvalue weighted by atomic mass is 15.3. The number of para-hydroxylation sites is 1. The van der Waals surface area contributed by atoms with Crippen LogP contribution in [-0.4, -0.2) is 10.8 Å². The van der Waals surface area contributed by atoms with Crippen LogP contribution in [0, 0.1) is 0 Å². The maximum atomic E-state index is 4.53. The molecule has 41 heavy (non-hydrogen) atoms. The molecule has 0 bridgehead atoms. The molecule has 1 aliphatic heterocycles. The number of fused-ring (bicyclic) bond motifs is 8. The molecule has 0 spiro atoms. The van der Waals surface area contributed by atoms with E-state index in [0.29, 0.717) is 6.54 Å². The summed E-state index contributed by atoms with van der Waals surface area (Å²) in [6.45, 7) is 0.685. The van der Waals surface area contributed by atoms with Crippen LogP contribution < -0.4 is 5.43 Å². The van der Waals surface area contributed by atoms with Crippen LogP contribution in [0.5, 0.6) is 0 Å². The fourth-order valence-corrected chi connectivity index (χ4v) is 6.78. The first-order chi connectivity index (χ1) is 20.3. The van der Waals surface area contributed by atoms with Crippen molar-refractivity contribution in [3.05, 3.63) is 139 Å². The molecule has 0 saturated heterocycles.